The lowest BCUT2D eigenvalue weighted by molar-refractivity contribution is 0.271. The monoisotopic (exact) mass is 352 g/mol. The van der Waals surface area contributed by atoms with E-state index in [0.29, 0.717) is 38.0 Å². The fourth-order valence-electron chi connectivity index (χ4n) is 3.60. The number of rotatable bonds is 8. The summed E-state index contributed by atoms with van der Waals surface area (Å²) in [7, 11) is -3.33. The van der Waals surface area contributed by atoms with Crippen molar-refractivity contribution in [2.24, 2.45) is 11.8 Å². The van der Waals surface area contributed by atoms with Crippen LogP contribution < -0.4 is 9.46 Å². The molecule has 1 saturated heterocycles. The number of piperidine rings is 1. The molecule has 6 heteroatoms. The van der Waals surface area contributed by atoms with Gasteiger partial charge in [0.2, 0.25) is 0 Å². The van der Waals surface area contributed by atoms with Gasteiger partial charge in [-0.1, -0.05) is 26.0 Å². The zero-order chi connectivity index (χ0) is 17.2. The second-order valence-corrected chi connectivity index (χ2v) is 9.11. The highest BCUT2D eigenvalue weighted by atomic mass is 32.2. The third-order valence-corrected chi connectivity index (χ3v) is 6.51. The van der Waals surface area contributed by atoms with Crippen molar-refractivity contribution in [2.45, 2.75) is 45.6 Å². The van der Waals surface area contributed by atoms with E-state index >= 15 is 0 Å². The quantitative estimate of drug-likeness (QED) is 0.782. The summed E-state index contributed by atoms with van der Waals surface area (Å²) in [5, 5.41) is 0. The van der Waals surface area contributed by atoms with E-state index in [4.69, 9.17) is 4.74 Å². The minimum absolute atomic E-state index is 0.227. The van der Waals surface area contributed by atoms with Gasteiger partial charge in [0.05, 0.1) is 6.61 Å². The summed E-state index contributed by atoms with van der Waals surface area (Å²) in [6, 6.07) is 8.13. The second-order valence-electron chi connectivity index (χ2n) is 7.40. The van der Waals surface area contributed by atoms with E-state index in [1.165, 1.54) is 6.42 Å². The van der Waals surface area contributed by atoms with Crippen molar-refractivity contribution < 1.29 is 13.2 Å². The van der Waals surface area contributed by atoms with Crippen molar-refractivity contribution in [3.8, 4) is 5.75 Å². The second kappa shape index (κ2) is 7.42. The number of hydrogen-bond donors (Lipinski definition) is 1. The summed E-state index contributed by atoms with van der Waals surface area (Å²) in [5.74, 6) is 1.94. The van der Waals surface area contributed by atoms with Gasteiger partial charge in [-0.25, -0.2) is 4.72 Å². The highest BCUT2D eigenvalue weighted by Crippen LogP contribution is 2.38. The van der Waals surface area contributed by atoms with Crippen LogP contribution in [0.15, 0.2) is 24.3 Å². The first-order chi connectivity index (χ1) is 11.4. The molecule has 1 aromatic rings. The molecule has 1 heterocycles. The molecule has 1 aliphatic carbocycles. The zero-order valence-electron chi connectivity index (χ0n) is 14.6. The number of nitrogens with one attached hydrogen (secondary N) is 1. The van der Waals surface area contributed by atoms with Crippen molar-refractivity contribution >= 4 is 10.2 Å². The highest BCUT2D eigenvalue weighted by Gasteiger charge is 2.43. The Labute approximate surface area is 145 Å². The largest absolute Gasteiger partial charge is 0.493 e. The SMILES string of the molecule is CC(C)COc1ccc(CCNS(=O)(=O)N2CC3CCC2C3)cc1. The molecule has 1 N–H and O–H groups in total. The van der Waals surface area contributed by atoms with Gasteiger partial charge in [-0.15, -0.1) is 0 Å². The lowest BCUT2D eigenvalue weighted by atomic mass is 10.1. The van der Waals surface area contributed by atoms with Crippen LogP contribution in [0.3, 0.4) is 0 Å². The van der Waals surface area contributed by atoms with Crippen molar-refractivity contribution in [3.63, 3.8) is 0 Å². The average Bonchev–Trinajstić information content (AvgIpc) is 3.17. The Morgan fingerprint density at radius 1 is 1.25 bits per heavy atom. The van der Waals surface area contributed by atoms with Gasteiger partial charge >= 0.3 is 0 Å². The third-order valence-electron chi connectivity index (χ3n) is 4.87. The summed E-state index contributed by atoms with van der Waals surface area (Å²) in [6.45, 7) is 6.07. The molecule has 134 valence electrons. The third kappa shape index (κ3) is 4.29. The molecular weight excluding hydrogens is 324 g/mol. The Hall–Kier alpha value is -1.11. The molecule has 5 nitrogen and oxygen atoms in total. The summed E-state index contributed by atoms with van der Waals surface area (Å²) >= 11 is 0. The topological polar surface area (TPSA) is 58.6 Å². The lowest BCUT2D eigenvalue weighted by Crippen LogP contribution is -2.45. The Bertz CT molecular complexity index is 643. The van der Waals surface area contributed by atoms with Crippen molar-refractivity contribution in [3.05, 3.63) is 29.8 Å². The van der Waals surface area contributed by atoms with Gasteiger partial charge < -0.3 is 4.74 Å². The lowest BCUT2D eigenvalue weighted by Gasteiger charge is -2.26. The van der Waals surface area contributed by atoms with Gasteiger partial charge in [0.25, 0.3) is 10.2 Å². The molecule has 2 aliphatic rings. The Kier molecular flexibility index (Phi) is 5.47. The van der Waals surface area contributed by atoms with Gasteiger partial charge in [0.15, 0.2) is 0 Å². The Balaban J connectivity index is 1.46. The molecule has 1 aromatic carbocycles. The molecule has 1 saturated carbocycles. The fourth-order valence-corrected chi connectivity index (χ4v) is 5.11. The molecule has 0 amide bonds. The molecule has 2 fully saturated rings. The summed E-state index contributed by atoms with van der Waals surface area (Å²) in [5.41, 5.74) is 1.11. The minimum Gasteiger partial charge on any atom is -0.493 e. The van der Waals surface area contributed by atoms with E-state index in [2.05, 4.69) is 18.6 Å². The normalized spacial score (nSPS) is 24.0. The Morgan fingerprint density at radius 3 is 2.58 bits per heavy atom. The van der Waals surface area contributed by atoms with Crippen molar-refractivity contribution in [1.82, 2.24) is 9.03 Å². The van der Waals surface area contributed by atoms with Crippen LogP contribution in [0, 0.1) is 11.8 Å². The summed E-state index contributed by atoms with van der Waals surface area (Å²) in [4.78, 5) is 0. The van der Waals surface area contributed by atoms with Gasteiger partial charge in [-0.3, -0.25) is 0 Å². The number of ether oxygens (including phenoxy) is 1. The molecule has 24 heavy (non-hydrogen) atoms. The maximum absolute atomic E-state index is 12.4. The van der Waals surface area contributed by atoms with Crippen molar-refractivity contribution in [1.29, 1.82) is 0 Å². The maximum atomic E-state index is 12.4. The molecule has 0 radical (unpaired) electrons. The zero-order valence-corrected chi connectivity index (χ0v) is 15.4. The van der Waals surface area contributed by atoms with Gasteiger partial charge in [0, 0.05) is 19.1 Å². The fraction of sp³-hybridized carbons (Fsp3) is 0.667. The van der Waals surface area contributed by atoms with E-state index in [9.17, 15) is 8.42 Å². The molecule has 1 aliphatic heterocycles. The van der Waals surface area contributed by atoms with Crippen LogP contribution >= 0.6 is 0 Å². The van der Waals surface area contributed by atoms with Crippen LogP contribution in [0.1, 0.15) is 38.7 Å². The standard InChI is InChI=1S/C18H28N2O3S/c1-14(2)13-23-18-7-4-15(5-8-18)9-10-19-24(21,22)20-12-16-3-6-17(20)11-16/h4-5,7-8,14,16-17,19H,3,6,9-13H2,1-2H3. The van der Waals surface area contributed by atoms with E-state index in [0.717, 1.165) is 24.2 Å². The Morgan fingerprint density at radius 2 is 2.00 bits per heavy atom. The first-order valence-electron chi connectivity index (χ1n) is 8.92. The number of benzene rings is 1. The first-order valence-corrected chi connectivity index (χ1v) is 10.4. The molecular formula is C18H28N2O3S. The molecule has 0 aromatic heterocycles. The van der Waals surface area contributed by atoms with Crippen LogP contribution in [0.4, 0.5) is 0 Å². The number of nitrogens with zero attached hydrogens (tertiary/aromatic N) is 1. The molecule has 2 bridgehead atoms. The van der Waals surface area contributed by atoms with Crippen LogP contribution in [0.5, 0.6) is 5.75 Å². The highest BCUT2D eigenvalue weighted by molar-refractivity contribution is 7.87. The van der Waals surface area contributed by atoms with Crippen molar-refractivity contribution in [2.75, 3.05) is 19.7 Å². The van der Waals surface area contributed by atoms with Gasteiger partial charge in [0.1, 0.15) is 5.75 Å². The van der Waals surface area contributed by atoms with E-state index in [-0.39, 0.29) is 6.04 Å². The molecule has 3 rings (SSSR count). The molecule has 0 spiro atoms. The van der Waals surface area contributed by atoms with Crippen LogP contribution in [-0.2, 0) is 16.6 Å². The number of fused-ring (bicyclic) bond motifs is 2. The predicted molar refractivity (Wildman–Crippen MR) is 95.2 cm³/mol. The number of hydrogen-bond acceptors (Lipinski definition) is 3. The smallest absolute Gasteiger partial charge is 0.279 e. The van der Waals surface area contributed by atoms with E-state index in [1.807, 2.05) is 24.3 Å². The first kappa shape index (κ1) is 17.7. The summed E-state index contributed by atoms with van der Waals surface area (Å²) in [6.07, 6.45) is 3.93. The van der Waals surface area contributed by atoms with Crippen LogP contribution in [-0.4, -0.2) is 38.5 Å². The molecule has 2 unspecified atom stereocenters. The van der Waals surface area contributed by atoms with Crippen LogP contribution in [0.25, 0.3) is 0 Å². The van der Waals surface area contributed by atoms with Gasteiger partial charge in [-0.05, 0) is 55.2 Å². The van der Waals surface area contributed by atoms with E-state index < -0.39 is 10.2 Å². The van der Waals surface area contributed by atoms with E-state index in [1.54, 1.807) is 4.31 Å². The average molecular weight is 353 g/mol. The molecule has 2 atom stereocenters. The maximum Gasteiger partial charge on any atom is 0.279 e. The summed E-state index contributed by atoms with van der Waals surface area (Å²) < 4.78 is 34.9. The van der Waals surface area contributed by atoms with Crippen LogP contribution in [0.2, 0.25) is 0 Å². The predicted octanol–water partition coefficient (Wildman–Crippen LogP) is 2.58. The minimum atomic E-state index is -3.33. The van der Waals surface area contributed by atoms with Gasteiger partial charge in [-0.2, -0.15) is 12.7 Å².